The van der Waals surface area contributed by atoms with Gasteiger partial charge in [-0.2, -0.15) is 0 Å². The molecule has 2 rings (SSSR count). The number of rotatable bonds is 3. The summed E-state index contributed by atoms with van der Waals surface area (Å²) in [5.74, 6) is 0.728. The summed E-state index contributed by atoms with van der Waals surface area (Å²) in [6, 6.07) is 3.88. The molecule has 0 spiro atoms. The standard InChI is InChI=1S/C15H22N2O3/c1-11-5-6-13(9-16-11)19-10-12-7-8-17(12)14(18)20-15(2,3)4/h5-6,9,12H,7-8,10H2,1-4H3. The van der Waals surface area contributed by atoms with Crippen LogP contribution in [0.2, 0.25) is 0 Å². The van der Waals surface area contributed by atoms with Crippen molar-refractivity contribution in [2.24, 2.45) is 0 Å². The molecule has 0 radical (unpaired) electrons. The molecule has 0 aromatic carbocycles. The number of aryl methyl sites for hydroxylation is 1. The third-order valence-corrected chi connectivity index (χ3v) is 3.10. The third kappa shape index (κ3) is 3.85. The second-order valence-electron chi connectivity index (χ2n) is 6.06. The van der Waals surface area contributed by atoms with Crippen LogP contribution in [0.5, 0.6) is 5.75 Å². The molecule has 1 unspecified atom stereocenters. The summed E-state index contributed by atoms with van der Waals surface area (Å²) in [5.41, 5.74) is 0.496. The first kappa shape index (κ1) is 14.6. The van der Waals surface area contributed by atoms with Crippen LogP contribution in [0.15, 0.2) is 18.3 Å². The van der Waals surface area contributed by atoms with Gasteiger partial charge in [0.25, 0.3) is 0 Å². The molecule has 1 fully saturated rings. The molecule has 0 saturated carbocycles. The third-order valence-electron chi connectivity index (χ3n) is 3.10. The van der Waals surface area contributed by atoms with Gasteiger partial charge in [0, 0.05) is 12.2 Å². The number of hydrogen-bond acceptors (Lipinski definition) is 4. The van der Waals surface area contributed by atoms with E-state index in [-0.39, 0.29) is 12.1 Å². The Bertz CT molecular complexity index is 465. The van der Waals surface area contributed by atoms with Crippen LogP contribution in [-0.2, 0) is 4.74 Å². The highest BCUT2D eigenvalue weighted by atomic mass is 16.6. The van der Waals surface area contributed by atoms with Crippen molar-refractivity contribution in [3.8, 4) is 5.75 Å². The van der Waals surface area contributed by atoms with Crippen LogP contribution in [0.3, 0.4) is 0 Å². The van der Waals surface area contributed by atoms with E-state index in [0.717, 1.165) is 24.4 Å². The van der Waals surface area contributed by atoms with E-state index in [0.29, 0.717) is 6.61 Å². The van der Waals surface area contributed by atoms with Gasteiger partial charge in [0.15, 0.2) is 0 Å². The van der Waals surface area contributed by atoms with E-state index in [2.05, 4.69) is 4.98 Å². The first-order valence-corrected chi connectivity index (χ1v) is 6.90. The molecule has 2 heterocycles. The summed E-state index contributed by atoms with van der Waals surface area (Å²) in [6.07, 6.45) is 2.38. The smallest absolute Gasteiger partial charge is 0.410 e. The minimum Gasteiger partial charge on any atom is -0.490 e. The summed E-state index contributed by atoms with van der Waals surface area (Å²) in [6.45, 7) is 8.75. The largest absolute Gasteiger partial charge is 0.490 e. The van der Waals surface area contributed by atoms with E-state index in [9.17, 15) is 4.79 Å². The summed E-state index contributed by atoms with van der Waals surface area (Å²) < 4.78 is 11.0. The minimum absolute atomic E-state index is 0.0890. The fraction of sp³-hybridized carbons (Fsp3) is 0.600. The Balaban J connectivity index is 1.82. The lowest BCUT2D eigenvalue weighted by Crippen LogP contribution is -2.55. The molecule has 1 aromatic heterocycles. The molecule has 1 aromatic rings. The number of likely N-dealkylation sites (tertiary alicyclic amines) is 1. The fourth-order valence-corrected chi connectivity index (χ4v) is 1.91. The van der Waals surface area contributed by atoms with Gasteiger partial charge in [-0.25, -0.2) is 4.79 Å². The first-order valence-electron chi connectivity index (χ1n) is 6.90. The number of carbonyl (C=O) groups excluding carboxylic acids is 1. The molecular weight excluding hydrogens is 256 g/mol. The van der Waals surface area contributed by atoms with Gasteiger partial charge in [0.1, 0.15) is 18.0 Å². The Kier molecular flexibility index (Phi) is 4.16. The summed E-state index contributed by atoms with van der Waals surface area (Å²) >= 11 is 0. The number of ether oxygens (including phenoxy) is 2. The number of hydrogen-bond donors (Lipinski definition) is 0. The molecule has 1 saturated heterocycles. The Morgan fingerprint density at radius 3 is 2.70 bits per heavy atom. The van der Waals surface area contributed by atoms with Gasteiger partial charge in [-0.05, 0) is 46.2 Å². The maximum Gasteiger partial charge on any atom is 0.410 e. The first-order chi connectivity index (χ1) is 9.35. The Morgan fingerprint density at radius 2 is 2.20 bits per heavy atom. The van der Waals surface area contributed by atoms with Crippen LogP contribution >= 0.6 is 0 Å². The predicted octanol–water partition coefficient (Wildman–Crippen LogP) is 2.78. The monoisotopic (exact) mass is 278 g/mol. The molecule has 5 nitrogen and oxygen atoms in total. The Hall–Kier alpha value is -1.78. The number of carbonyl (C=O) groups is 1. The topological polar surface area (TPSA) is 51.7 Å². The molecule has 0 aliphatic carbocycles. The lowest BCUT2D eigenvalue weighted by molar-refractivity contribution is -0.0141. The molecule has 110 valence electrons. The zero-order chi connectivity index (χ0) is 14.8. The highest BCUT2D eigenvalue weighted by Gasteiger charge is 2.35. The molecule has 1 aliphatic heterocycles. The van der Waals surface area contributed by atoms with Crippen molar-refractivity contribution >= 4 is 6.09 Å². The van der Waals surface area contributed by atoms with Gasteiger partial charge < -0.3 is 14.4 Å². The van der Waals surface area contributed by atoms with Gasteiger partial charge >= 0.3 is 6.09 Å². The van der Waals surface area contributed by atoms with Crippen molar-refractivity contribution in [2.75, 3.05) is 13.2 Å². The van der Waals surface area contributed by atoms with E-state index >= 15 is 0 Å². The van der Waals surface area contributed by atoms with Crippen molar-refractivity contribution in [3.63, 3.8) is 0 Å². The molecule has 0 N–H and O–H groups in total. The number of amides is 1. The van der Waals surface area contributed by atoms with Crippen LogP contribution in [0, 0.1) is 6.92 Å². The average molecular weight is 278 g/mol. The number of aromatic nitrogens is 1. The molecule has 1 amide bonds. The van der Waals surface area contributed by atoms with E-state index in [1.54, 1.807) is 11.1 Å². The Labute approximate surface area is 119 Å². The zero-order valence-electron chi connectivity index (χ0n) is 12.5. The van der Waals surface area contributed by atoms with E-state index in [1.165, 1.54) is 0 Å². The second-order valence-corrected chi connectivity index (χ2v) is 6.06. The fourth-order valence-electron chi connectivity index (χ4n) is 1.91. The van der Waals surface area contributed by atoms with Gasteiger partial charge in [0.05, 0.1) is 12.2 Å². The molecule has 20 heavy (non-hydrogen) atoms. The van der Waals surface area contributed by atoms with E-state index in [4.69, 9.17) is 9.47 Å². The molecular formula is C15H22N2O3. The highest BCUT2D eigenvalue weighted by Crippen LogP contribution is 2.22. The van der Waals surface area contributed by atoms with Crippen LogP contribution in [0.4, 0.5) is 4.79 Å². The van der Waals surface area contributed by atoms with Crippen LogP contribution in [0.1, 0.15) is 32.9 Å². The molecule has 1 aliphatic rings. The summed E-state index contributed by atoms with van der Waals surface area (Å²) in [7, 11) is 0. The SMILES string of the molecule is Cc1ccc(OCC2CCN2C(=O)OC(C)(C)C)cn1. The van der Waals surface area contributed by atoms with Crippen molar-refractivity contribution in [2.45, 2.75) is 45.8 Å². The summed E-state index contributed by atoms with van der Waals surface area (Å²) in [5, 5.41) is 0. The predicted molar refractivity (Wildman–Crippen MR) is 75.8 cm³/mol. The van der Waals surface area contributed by atoms with E-state index < -0.39 is 5.60 Å². The molecule has 5 heteroatoms. The normalized spacial score (nSPS) is 18.4. The van der Waals surface area contributed by atoms with Crippen LogP contribution < -0.4 is 4.74 Å². The number of nitrogens with zero attached hydrogens (tertiary/aromatic N) is 2. The van der Waals surface area contributed by atoms with Gasteiger partial charge in [-0.1, -0.05) is 0 Å². The second kappa shape index (κ2) is 5.69. The van der Waals surface area contributed by atoms with Crippen molar-refractivity contribution in [1.29, 1.82) is 0 Å². The zero-order valence-corrected chi connectivity index (χ0v) is 12.5. The van der Waals surface area contributed by atoms with Gasteiger partial charge in [-0.3, -0.25) is 4.98 Å². The van der Waals surface area contributed by atoms with E-state index in [1.807, 2.05) is 39.8 Å². The van der Waals surface area contributed by atoms with Crippen LogP contribution in [0.25, 0.3) is 0 Å². The van der Waals surface area contributed by atoms with Crippen molar-refractivity contribution in [3.05, 3.63) is 24.0 Å². The Morgan fingerprint density at radius 1 is 1.45 bits per heavy atom. The van der Waals surface area contributed by atoms with Crippen LogP contribution in [-0.4, -0.2) is 40.8 Å². The highest BCUT2D eigenvalue weighted by molar-refractivity contribution is 5.69. The maximum absolute atomic E-state index is 11.9. The minimum atomic E-state index is -0.459. The maximum atomic E-state index is 11.9. The van der Waals surface area contributed by atoms with Gasteiger partial charge in [0.2, 0.25) is 0 Å². The lowest BCUT2D eigenvalue weighted by atomic mass is 10.1. The average Bonchev–Trinajstić information content (AvgIpc) is 2.27. The van der Waals surface area contributed by atoms with Crippen molar-refractivity contribution < 1.29 is 14.3 Å². The molecule has 0 bridgehead atoms. The molecule has 1 atom stereocenters. The summed E-state index contributed by atoms with van der Waals surface area (Å²) in [4.78, 5) is 17.8. The van der Waals surface area contributed by atoms with Gasteiger partial charge in [-0.15, -0.1) is 0 Å². The number of pyridine rings is 1. The lowest BCUT2D eigenvalue weighted by Gasteiger charge is -2.40. The quantitative estimate of drug-likeness (QED) is 0.853. The van der Waals surface area contributed by atoms with Crippen molar-refractivity contribution in [1.82, 2.24) is 9.88 Å².